The Labute approximate surface area is 144 Å². The molecular weight excluding hydrogens is 310 g/mol. The Morgan fingerprint density at radius 3 is 2.29 bits per heavy atom. The van der Waals surface area contributed by atoms with E-state index in [0.717, 1.165) is 0 Å². The Kier molecular flexibility index (Phi) is 6.06. The molecule has 0 aromatic heterocycles. The molecule has 0 unspecified atom stereocenters. The second-order valence-electron chi connectivity index (χ2n) is 8.54. The molecule has 0 aliphatic carbocycles. The van der Waals surface area contributed by atoms with Gasteiger partial charge < -0.3 is 9.47 Å². The van der Waals surface area contributed by atoms with Crippen molar-refractivity contribution in [3.05, 3.63) is 0 Å². The summed E-state index contributed by atoms with van der Waals surface area (Å²) in [5.41, 5.74) is -1.20. The molecule has 1 aliphatic rings. The number of imide groups is 1. The summed E-state index contributed by atoms with van der Waals surface area (Å²) in [6.45, 7) is 14.6. The van der Waals surface area contributed by atoms with Gasteiger partial charge in [-0.1, -0.05) is 20.8 Å². The molecule has 0 bridgehead atoms. The van der Waals surface area contributed by atoms with E-state index in [1.54, 1.807) is 27.7 Å². The van der Waals surface area contributed by atoms with E-state index in [1.807, 2.05) is 27.7 Å². The van der Waals surface area contributed by atoms with Crippen molar-refractivity contribution in [3.63, 3.8) is 0 Å². The monoisotopic (exact) mass is 341 g/mol. The highest BCUT2D eigenvalue weighted by Gasteiger charge is 2.45. The van der Waals surface area contributed by atoms with Crippen LogP contribution in [0.5, 0.6) is 0 Å². The van der Waals surface area contributed by atoms with Crippen LogP contribution in [0.4, 0.5) is 4.79 Å². The summed E-state index contributed by atoms with van der Waals surface area (Å²) < 4.78 is 10.6. The summed E-state index contributed by atoms with van der Waals surface area (Å²) >= 11 is 0. The molecule has 2 atom stereocenters. The van der Waals surface area contributed by atoms with Gasteiger partial charge in [0, 0.05) is 18.4 Å². The first-order chi connectivity index (χ1) is 10.7. The Morgan fingerprint density at radius 1 is 1.29 bits per heavy atom. The molecular formula is C18H31NO5. The smallest absolute Gasteiger partial charge is 0.417 e. The summed E-state index contributed by atoms with van der Waals surface area (Å²) in [5.74, 6) is -1.38. The molecule has 6 nitrogen and oxygen atoms in total. The first kappa shape index (κ1) is 20.5. The number of esters is 1. The van der Waals surface area contributed by atoms with Crippen molar-refractivity contribution >= 4 is 18.0 Å². The van der Waals surface area contributed by atoms with Gasteiger partial charge in [-0.05, 0) is 40.5 Å². The van der Waals surface area contributed by atoms with Crippen molar-refractivity contribution in [1.82, 2.24) is 4.90 Å². The van der Waals surface area contributed by atoms with Gasteiger partial charge in [0.15, 0.2) is 0 Å². The number of nitrogens with zero attached hydrogens (tertiary/aromatic N) is 1. The van der Waals surface area contributed by atoms with Gasteiger partial charge in [-0.2, -0.15) is 0 Å². The molecule has 24 heavy (non-hydrogen) atoms. The SMILES string of the molecule is CC(C)[C@H]1CC(C)(C)OC(=O)N1C(=O)[C@H](C)CC(=O)OC(C)(C)C. The maximum atomic E-state index is 12.8. The lowest BCUT2D eigenvalue weighted by Gasteiger charge is -2.44. The quantitative estimate of drug-likeness (QED) is 0.731. The molecule has 0 aromatic carbocycles. The van der Waals surface area contributed by atoms with Crippen LogP contribution in [0.2, 0.25) is 0 Å². The van der Waals surface area contributed by atoms with Crippen molar-refractivity contribution in [2.75, 3.05) is 0 Å². The molecule has 1 heterocycles. The molecule has 0 spiro atoms. The highest BCUT2D eigenvalue weighted by Crippen LogP contribution is 2.32. The molecule has 1 saturated heterocycles. The summed E-state index contributed by atoms with van der Waals surface area (Å²) in [6, 6.07) is -0.241. The number of ether oxygens (including phenoxy) is 2. The van der Waals surface area contributed by atoms with Gasteiger partial charge in [0.2, 0.25) is 5.91 Å². The standard InChI is InChI=1S/C18H31NO5/c1-11(2)13-10-18(7,8)24-16(22)19(13)15(21)12(3)9-14(20)23-17(4,5)6/h11-13H,9-10H2,1-8H3/t12-,13-/m1/s1. The largest absolute Gasteiger partial charge is 0.460 e. The van der Waals surface area contributed by atoms with Crippen LogP contribution in [0.1, 0.15) is 68.2 Å². The highest BCUT2D eigenvalue weighted by molar-refractivity contribution is 5.95. The third-order valence-corrected chi connectivity index (χ3v) is 3.91. The molecule has 1 rings (SSSR count). The molecule has 1 aliphatic heterocycles. The van der Waals surface area contributed by atoms with E-state index in [4.69, 9.17) is 9.47 Å². The van der Waals surface area contributed by atoms with E-state index < -0.39 is 29.2 Å². The van der Waals surface area contributed by atoms with Gasteiger partial charge in [-0.15, -0.1) is 0 Å². The van der Waals surface area contributed by atoms with Crippen molar-refractivity contribution in [2.45, 2.75) is 85.5 Å². The second-order valence-corrected chi connectivity index (χ2v) is 8.54. The van der Waals surface area contributed by atoms with E-state index >= 15 is 0 Å². The van der Waals surface area contributed by atoms with Crippen LogP contribution < -0.4 is 0 Å². The maximum absolute atomic E-state index is 12.8. The van der Waals surface area contributed by atoms with Crippen molar-refractivity contribution in [2.24, 2.45) is 11.8 Å². The Morgan fingerprint density at radius 2 is 1.83 bits per heavy atom. The second kappa shape index (κ2) is 7.11. The maximum Gasteiger partial charge on any atom is 0.417 e. The molecule has 0 saturated carbocycles. The number of hydrogen-bond acceptors (Lipinski definition) is 5. The van der Waals surface area contributed by atoms with E-state index in [1.165, 1.54) is 4.90 Å². The van der Waals surface area contributed by atoms with Gasteiger partial charge >= 0.3 is 12.1 Å². The number of amides is 2. The molecule has 2 amide bonds. The Bertz CT molecular complexity index is 504. The fraction of sp³-hybridized carbons (Fsp3) is 0.833. The highest BCUT2D eigenvalue weighted by atomic mass is 16.6. The lowest BCUT2D eigenvalue weighted by molar-refractivity contribution is -0.159. The molecule has 0 aromatic rings. The lowest BCUT2D eigenvalue weighted by atomic mass is 9.88. The van der Waals surface area contributed by atoms with E-state index in [9.17, 15) is 14.4 Å². The average Bonchev–Trinajstić information content (AvgIpc) is 2.33. The third kappa shape index (κ3) is 5.49. The summed E-state index contributed by atoms with van der Waals surface area (Å²) in [7, 11) is 0. The van der Waals surface area contributed by atoms with E-state index in [0.29, 0.717) is 6.42 Å². The van der Waals surface area contributed by atoms with Crippen LogP contribution in [0.25, 0.3) is 0 Å². The minimum Gasteiger partial charge on any atom is -0.460 e. The number of rotatable bonds is 4. The van der Waals surface area contributed by atoms with Crippen LogP contribution in [-0.2, 0) is 19.1 Å². The van der Waals surface area contributed by atoms with E-state index in [-0.39, 0.29) is 24.3 Å². The fourth-order valence-electron chi connectivity index (χ4n) is 2.80. The summed E-state index contributed by atoms with van der Waals surface area (Å²) in [6.07, 6.45) is -0.124. The van der Waals surface area contributed by atoms with Crippen molar-refractivity contribution in [3.8, 4) is 0 Å². The summed E-state index contributed by atoms with van der Waals surface area (Å²) in [4.78, 5) is 38.2. The van der Waals surface area contributed by atoms with Gasteiger partial charge in [-0.25, -0.2) is 9.69 Å². The predicted octanol–water partition coefficient (Wildman–Crippen LogP) is 3.53. The van der Waals surface area contributed by atoms with E-state index in [2.05, 4.69) is 0 Å². The molecule has 1 fully saturated rings. The first-order valence-corrected chi connectivity index (χ1v) is 8.51. The first-order valence-electron chi connectivity index (χ1n) is 8.51. The number of carbonyl (C=O) groups is 3. The zero-order valence-electron chi connectivity index (χ0n) is 16.1. The molecule has 6 heteroatoms. The Balaban J connectivity index is 2.87. The number of hydrogen-bond donors (Lipinski definition) is 0. The fourth-order valence-corrected chi connectivity index (χ4v) is 2.80. The molecule has 0 radical (unpaired) electrons. The lowest BCUT2D eigenvalue weighted by Crippen LogP contribution is -2.58. The number of cyclic esters (lactones) is 1. The van der Waals surface area contributed by atoms with Crippen LogP contribution in [-0.4, -0.2) is 40.1 Å². The minimum absolute atomic E-state index is 0.0614. The Hall–Kier alpha value is -1.59. The topological polar surface area (TPSA) is 72.9 Å². The van der Waals surface area contributed by atoms with Crippen molar-refractivity contribution < 1.29 is 23.9 Å². The minimum atomic E-state index is -0.644. The predicted molar refractivity (Wildman–Crippen MR) is 90.3 cm³/mol. The number of carbonyl (C=O) groups excluding carboxylic acids is 3. The summed E-state index contributed by atoms with van der Waals surface area (Å²) in [5, 5.41) is 0. The van der Waals surface area contributed by atoms with Gasteiger partial charge in [0.25, 0.3) is 0 Å². The molecule has 0 N–H and O–H groups in total. The zero-order chi connectivity index (χ0) is 18.9. The van der Waals surface area contributed by atoms with Gasteiger partial charge in [0.05, 0.1) is 6.42 Å². The van der Waals surface area contributed by atoms with Crippen molar-refractivity contribution in [1.29, 1.82) is 0 Å². The van der Waals surface area contributed by atoms with Gasteiger partial charge in [-0.3, -0.25) is 9.59 Å². The normalized spacial score (nSPS) is 22.1. The van der Waals surface area contributed by atoms with Crippen LogP contribution in [0.3, 0.4) is 0 Å². The van der Waals surface area contributed by atoms with Crippen LogP contribution in [0.15, 0.2) is 0 Å². The molecule has 138 valence electrons. The average molecular weight is 341 g/mol. The zero-order valence-corrected chi connectivity index (χ0v) is 16.1. The third-order valence-electron chi connectivity index (χ3n) is 3.91. The van der Waals surface area contributed by atoms with Crippen LogP contribution in [0, 0.1) is 11.8 Å². The van der Waals surface area contributed by atoms with Gasteiger partial charge in [0.1, 0.15) is 11.2 Å². The van der Waals surface area contributed by atoms with Crippen LogP contribution >= 0.6 is 0 Å².